The third-order valence-electron chi connectivity index (χ3n) is 4.91. The van der Waals surface area contributed by atoms with E-state index in [0.29, 0.717) is 18.5 Å². The molecular formula is C18H24N2O3. The van der Waals surface area contributed by atoms with Gasteiger partial charge in [0.15, 0.2) is 0 Å². The van der Waals surface area contributed by atoms with Crippen molar-refractivity contribution in [2.24, 2.45) is 5.41 Å². The van der Waals surface area contributed by atoms with Gasteiger partial charge in [0.2, 0.25) is 11.8 Å². The Morgan fingerprint density at radius 3 is 2.26 bits per heavy atom. The van der Waals surface area contributed by atoms with E-state index in [4.69, 9.17) is 4.74 Å². The summed E-state index contributed by atoms with van der Waals surface area (Å²) < 4.78 is 5.10. The highest BCUT2D eigenvalue weighted by atomic mass is 16.5. The minimum absolute atomic E-state index is 0.101. The summed E-state index contributed by atoms with van der Waals surface area (Å²) in [5.41, 5.74) is -0.176. The van der Waals surface area contributed by atoms with E-state index in [0.717, 1.165) is 31.4 Å². The van der Waals surface area contributed by atoms with Crippen LogP contribution < -0.4 is 15.4 Å². The summed E-state index contributed by atoms with van der Waals surface area (Å²) in [7, 11) is 1.60. The number of ether oxygens (including phenoxy) is 1. The van der Waals surface area contributed by atoms with Crippen molar-refractivity contribution in [3.8, 4) is 5.75 Å². The molecule has 3 rings (SSSR count). The minimum Gasteiger partial charge on any atom is -0.497 e. The molecule has 2 amide bonds. The molecule has 2 aliphatic carbocycles. The van der Waals surface area contributed by atoms with Crippen molar-refractivity contribution in [1.82, 2.24) is 5.32 Å². The van der Waals surface area contributed by atoms with E-state index >= 15 is 0 Å². The molecule has 0 unspecified atom stereocenters. The van der Waals surface area contributed by atoms with Gasteiger partial charge in [0.1, 0.15) is 11.2 Å². The highest BCUT2D eigenvalue weighted by Gasteiger charge is 2.56. The van der Waals surface area contributed by atoms with E-state index < -0.39 is 5.41 Å². The summed E-state index contributed by atoms with van der Waals surface area (Å²) in [6.45, 7) is 0. The van der Waals surface area contributed by atoms with Crippen LogP contribution in [-0.2, 0) is 9.59 Å². The van der Waals surface area contributed by atoms with Gasteiger partial charge < -0.3 is 15.4 Å². The van der Waals surface area contributed by atoms with Crippen LogP contribution in [-0.4, -0.2) is 25.0 Å². The second kappa shape index (κ2) is 6.60. The van der Waals surface area contributed by atoms with Crippen molar-refractivity contribution in [2.75, 3.05) is 12.4 Å². The van der Waals surface area contributed by atoms with Crippen LogP contribution in [0.25, 0.3) is 0 Å². The molecule has 23 heavy (non-hydrogen) atoms. The maximum atomic E-state index is 12.5. The summed E-state index contributed by atoms with van der Waals surface area (Å²) >= 11 is 0. The Balaban J connectivity index is 1.59. The van der Waals surface area contributed by atoms with Crippen LogP contribution in [0.4, 0.5) is 5.69 Å². The molecule has 124 valence electrons. The number of hydrogen-bond acceptors (Lipinski definition) is 3. The van der Waals surface area contributed by atoms with Crippen LogP contribution in [0.1, 0.15) is 44.9 Å². The highest BCUT2D eigenvalue weighted by molar-refractivity contribution is 6.13. The first-order valence-electron chi connectivity index (χ1n) is 8.40. The van der Waals surface area contributed by atoms with Crippen LogP contribution in [0.5, 0.6) is 5.75 Å². The molecule has 2 N–H and O–H groups in total. The predicted molar refractivity (Wildman–Crippen MR) is 88.3 cm³/mol. The number of anilines is 1. The molecule has 0 aliphatic heterocycles. The average molecular weight is 316 g/mol. The standard InChI is InChI=1S/C18H24N2O3/c1-23-15-9-7-14(8-10-15)20-17(22)18(11-12-18)16(21)19-13-5-3-2-4-6-13/h7-10,13H,2-6,11-12H2,1H3,(H,19,21)(H,20,22). The quantitative estimate of drug-likeness (QED) is 0.821. The van der Waals surface area contributed by atoms with Gasteiger partial charge in [-0.25, -0.2) is 0 Å². The van der Waals surface area contributed by atoms with Crippen molar-refractivity contribution >= 4 is 17.5 Å². The zero-order valence-corrected chi connectivity index (χ0v) is 13.6. The Morgan fingerprint density at radius 2 is 1.70 bits per heavy atom. The monoisotopic (exact) mass is 316 g/mol. The van der Waals surface area contributed by atoms with E-state index in [9.17, 15) is 9.59 Å². The number of carbonyl (C=O) groups excluding carboxylic acids is 2. The lowest BCUT2D eigenvalue weighted by atomic mass is 9.94. The van der Waals surface area contributed by atoms with Gasteiger partial charge >= 0.3 is 0 Å². The molecule has 5 nitrogen and oxygen atoms in total. The third-order valence-corrected chi connectivity index (χ3v) is 4.91. The highest BCUT2D eigenvalue weighted by Crippen LogP contribution is 2.47. The van der Waals surface area contributed by atoms with Gasteiger partial charge in [-0.15, -0.1) is 0 Å². The van der Waals surface area contributed by atoms with Crippen molar-refractivity contribution in [3.05, 3.63) is 24.3 Å². The number of amides is 2. The first-order valence-corrected chi connectivity index (χ1v) is 8.40. The normalized spacial score (nSPS) is 19.7. The summed E-state index contributed by atoms with van der Waals surface area (Å²) in [5.74, 6) is 0.436. The van der Waals surface area contributed by atoms with Gasteiger partial charge in [0, 0.05) is 11.7 Å². The van der Waals surface area contributed by atoms with Gasteiger partial charge in [-0.05, 0) is 49.9 Å². The van der Waals surface area contributed by atoms with Crippen molar-refractivity contribution in [1.29, 1.82) is 0 Å². The Labute approximate surface area is 136 Å². The molecule has 5 heteroatoms. The number of methoxy groups -OCH3 is 1. The van der Waals surface area contributed by atoms with Crippen LogP contribution in [0.3, 0.4) is 0 Å². The number of nitrogens with one attached hydrogen (secondary N) is 2. The second-order valence-corrected chi connectivity index (χ2v) is 6.57. The SMILES string of the molecule is COc1ccc(NC(=O)C2(C(=O)NC3CCCCC3)CC2)cc1. The summed E-state index contributed by atoms with van der Waals surface area (Å²) in [4.78, 5) is 25.1. The van der Waals surface area contributed by atoms with Crippen LogP contribution in [0, 0.1) is 5.41 Å². The number of rotatable bonds is 5. The van der Waals surface area contributed by atoms with Crippen molar-refractivity contribution in [2.45, 2.75) is 51.0 Å². The fraction of sp³-hybridized carbons (Fsp3) is 0.556. The molecule has 2 saturated carbocycles. The third kappa shape index (κ3) is 3.49. The first kappa shape index (κ1) is 15.8. The van der Waals surface area contributed by atoms with Crippen molar-refractivity contribution in [3.63, 3.8) is 0 Å². The molecule has 0 aromatic heterocycles. The topological polar surface area (TPSA) is 67.4 Å². The van der Waals surface area contributed by atoms with Crippen LogP contribution >= 0.6 is 0 Å². The zero-order chi connectivity index (χ0) is 16.3. The molecule has 0 radical (unpaired) electrons. The van der Waals surface area contributed by atoms with Crippen molar-refractivity contribution < 1.29 is 14.3 Å². The lowest BCUT2D eigenvalue weighted by Gasteiger charge is -2.25. The predicted octanol–water partition coefficient (Wildman–Crippen LogP) is 2.86. The van der Waals surface area contributed by atoms with Gasteiger partial charge in [-0.1, -0.05) is 19.3 Å². The summed E-state index contributed by atoms with van der Waals surface area (Å²) in [6, 6.07) is 7.38. The fourth-order valence-electron chi connectivity index (χ4n) is 3.18. The average Bonchev–Trinajstić information content (AvgIpc) is 3.38. The zero-order valence-electron chi connectivity index (χ0n) is 13.6. The van der Waals surface area contributed by atoms with Gasteiger partial charge in [0.25, 0.3) is 0 Å². The molecule has 0 bridgehead atoms. The fourth-order valence-corrected chi connectivity index (χ4v) is 3.18. The van der Waals surface area contributed by atoms with E-state index in [1.807, 2.05) is 0 Å². The molecular weight excluding hydrogens is 292 g/mol. The smallest absolute Gasteiger partial charge is 0.240 e. The Hall–Kier alpha value is -2.04. The largest absolute Gasteiger partial charge is 0.497 e. The minimum atomic E-state index is -0.864. The molecule has 0 atom stereocenters. The van der Waals surface area contributed by atoms with E-state index in [1.165, 1.54) is 6.42 Å². The molecule has 2 fully saturated rings. The van der Waals surface area contributed by atoms with E-state index in [1.54, 1.807) is 31.4 Å². The first-order chi connectivity index (χ1) is 11.1. The molecule has 0 saturated heterocycles. The maximum Gasteiger partial charge on any atom is 0.240 e. The summed E-state index contributed by atoms with van der Waals surface area (Å²) in [6.07, 6.45) is 6.90. The molecule has 1 aromatic rings. The number of carbonyl (C=O) groups is 2. The summed E-state index contributed by atoms with van der Waals surface area (Å²) in [5, 5.41) is 5.95. The van der Waals surface area contributed by atoms with Gasteiger partial charge in [-0.3, -0.25) is 9.59 Å². The van der Waals surface area contributed by atoms with Crippen LogP contribution in [0.2, 0.25) is 0 Å². The lowest BCUT2D eigenvalue weighted by molar-refractivity contribution is -0.135. The van der Waals surface area contributed by atoms with Gasteiger partial charge in [-0.2, -0.15) is 0 Å². The van der Waals surface area contributed by atoms with Gasteiger partial charge in [0.05, 0.1) is 7.11 Å². The Morgan fingerprint density at radius 1 is 1.04 bits per heavy atom. The molecule has 1 aromatic carbocycles. The van der Waals surface area contributed by atoms with E-state index in [2.05, 4.69) is 10.6 Å². The number of hydrogen-bond donors (Lipinski definition) is 2. The number of benzene rings is 1. The second-order valence-electron chi connectivity index (χ2n) is 6.57. The maximum absolute atomic E-state index is 12.5. The van der Waals surface area contributed by atoms with E-state index in [-0.39, 0.29) is 17.9 Å². The Kier molecular flexibility index (Phi) is 4.55. The lowest BCUT2D eigenvalue weighted by Crippen LogP contribution is -2.45. The molecule has 0 heterocycles. The molecule has 2 aliphatic rings. The van der Waals surface area contributed by atoms with Crippen LogP contribution in [0.15, 0.2) is 24.3 Å². The molecule has 0 spiro atoms. The Bertz CT molecular complexity index is 572.